The van der Waals surface area contributed by atoms with Crippen molar-refractivity contribution >= 4 is 13.6 Å². The Morgan fingerprint density at radius 2 is 1.80 bits per heavy atom. The first kappa shape index (κ1) is 18.0. The molecule has 0 aliphatic carbocycles. The zero-order chi connectivity index (χ0) is 11.0. The van der Waals surface area contributed by atoms with Crippen LogP contribution in [0.25, 0.3) is 0 Å². The minimum absolute atomic E-state index is 0. The summed E-state index contributed by atoms with van der Waals surface area (Å²) in [6, 6.07) is 0. The van der Waals surface area contributed by atoms with Gasteiger partial charge in [0.05, 0.1) is 25.5 Å². The molecule has 0 atom stereocenters. The second-order valence-electron chi connectivity index (χ2n) is 2.40. The maximum absolute atomic E-state index is 11.7. The van der Waals surface area contributed by atoms with Crippen LogP contribution >= 0.6 is 7.60 Å². The summed E-state index contributed by atoms with van der Waals surface area (Å²) in [5.74, 6) is -1.26. The molecule has 15 heavy (non-hydrogen) atoms. The van der Waals surface area contributed by atoms with Crippen LogP contribution in [0, 0.1) is 0 Å². The summed E-state index contributed by atoms with van der Waals surface area (Å²) in [4.78, 5) is 10.1. The number of carboxylic acids is 1. The molecule has 0 bridgehead atoms. The number of hydrogen-bond donors (Lipinski definition) is 1. The van der Waals surface area contributed by atoms with Gasteiger partial charge in [-0.05, 0) is 13.8 Å². The van der Waals surface area contributed by atoms with Crippen LogP contribution < -0.4 is 40.0 Å². The number of carboxylic acid groups (broad SMARTS) is 1. The molecule has 8 heteroatoms. The van der Waals surface area contributed by atoms with Gasteiger partial charge in [0.15, 0.2) is 0 Å². The van der Waals surface area contributed by atoms with Crippen molar-refractivity contribution in [2.24, 2.45) is 0 Å². The average Bonchev–Trinajstić information content (AvgIpc) is 2.03. The van der Waals surface area contributed by atoms with Crippen LogP contribution in [0.15, 0.2) is 0 Å². The first-order chi connectivity index (χ1) is 6.54. The van der Waals surface area contributed by atoms with Crippen LogP contribution in [-0.4, -0.2) is 32.0 Å². The normalized spacial score (nSPS) is 10.8. The van der Waals surface area contributed by atoms with E-state index in [-0.39, 0.29) is 55.6 Å². The van der Waals surface area contributed by atoms with Crippen LogP contribution in [0.2, 0.25) is 0 Å². The molecule has 0 aliphatic rings. The third kappa shape index (κ3) is 9.51. The van der Waals surface area contributed by atoms with E-state index in [4.69, 9.17) is 9.05 Å². The Balaban J connectivity index is 0. The van der Waals surface area contributed by atoms with Crippen molar-refractivity contribution in [3.63, 3.8) is 0 Å². The fourth-order valence-corrected chi connectivity index (χ4v) is 2.25. The molecule has 0 aromatic carbocycles. The molecule has 0 amide bonds. The number of hydrogen-bond acceptors (Lipinski definition) is 6. The zero-order valence-electron chi connectivity index (χ0n) is 9.32. The van der Waals surface area contributed by atoms with Gasteiger partial charge in [-0.15, -0.1) is 0 Å². The van der Waals surface area contributed by atoms with Gasteiger partial charge in [0.1, 0.15) is 0 Å². The molecule has 0 fully saturated rings. The van der Waals surface area contributed by atoms with Crippen molar-refractivity contribution in [2.45, 2.75) is 13.8 Å². The molecular weight excluding hydrogens is 232 g/mol. The van der Waals surface area contributed by atoms with Gasteiger partial charge >= 0.3 is 37.2 Å². The monoisotopic (exact) mass is 247 g/mol. The Kier molecular flexibility index (Phi) is 11.7. The second-order valence-corrected chi connectivity index (χ2v) is 4.46. The topological polar surface area (TPSA) is 87.7 Å². The Bertz CT molecular complexity index is 215. The summed E-state index contributed by atoms with van der Waals surface area (Å²) >= 11 is 0. The number of rotatable bonds is 8. The van der Waals surface area contributed by atoms with Gasteiger partial charge in [0, 0.05) is 6.54 Å². The van der Waals surface area contributed by atoms with E-state index in [1.54, 1.807) is 13.8 Å². The maximum Gasteiger partial charge on any atom is 1.00 e. The van der Waals surface area contributed by atoms with Gasteiger partial charge in [-0.25, -0.2) is 0 Å². The van der Waals surface area contributed by atoms with Crippen molar-refractivity contribution in [2.75, 3.05) is 26.0 Å². The molecule has 0 spiro atoms. The maximum atomic E-state index is 11.7. The molecule has 0 radical (unpaired) electrons. The van der Waals surface area contributed by atoms with E-state index in [1.807, 2.05) is 0 Å². The van der Waals surface area contributed by atoms with E-state index in [2.05, 4.69) is 5.32 Å². The molecule has 0 heterocycles. The summed E-state index contributed by atoms with van der Waals surface area (Å²) in [6.45, 7) is 3.51. The molecule has 0 aromatic rings. The Morgan fingerprint density at radius 3 is 2.13 bits per heavy atom. The standard InChI is InChI=1S/C7H16NO5P.Na/c1-3-12-14(11,13-4-2)6-8-5-7(9)10;/h8H,3-6H2,1-2H3,(H,9,10);/q;+1/p-1. The Labute approximate surface area is 112 Å². The van der Waals surface area contributed by atoms with E-state index in [1.165, 1.54) is 0 Å². The molecule has 84 valence electrons. The van der Waals surface area contributed by atoms with Crippen molar-refractivity contribution in [3.05, 3.63) is 0 Å². The van der Waals surface area contributed by atoms with Crippen molar-refractivity contribution < 1.29 is 53.1 Å². The fraction of sp³-hybridized carbons (Fsp3) is 0.857. The Hall–Kier alpha value is 0.580. The molecule has 0 aromatic heterocycles. The molecule has 0 saturated heterocycles. The molecule has 6 nitrogen and oxygen atoms in total. The summed E-state index contributed by atoms with van der Waals surface area (Å²) in [5, 5.41) is 12.5. The number of aliphatic carboxylic acids is 1. The van der Waals surface area contributed by atoms with Crippen LogP contribution in [0.5, 0.6) is 0 Å². The summed E-state index contributed by atoms with van der Waals surface area (Å²) < 4.78 is 21.5. The van der Waals surface area contributed by atoms with Gasteiger partial charge < -0.3 is 24.3 Å². The number of nitrogens with one attached hydrogen (secondary N) is 1. The number of carbonyl (C=O) groups is 1. The summed E-state index contributed by atoms with van der Waals surface area (Å²) in [6.07, 6.45) is -0.122. The van der Waals surface area contributed by atoms with Crippen molar-refractivity contribution in [1.29, 1.82) is 0 Å². The van der Waals surface area contributed by atoms with E-state index in [0.29, 0.717) is 0 Å². The third-order valence-corrected chi connectivity index (χ3v) is 3.14. The minimum Gasteiger partial charge on any atom is -0.549 e. The molecule has 0 aliphatic heterocycles. The van der Waals surface area contributed by atoms with E-state index in [0.717, 1.165) is 0 Å². The van der Waals surface area contributed by atoms with E-state index >= 15 is 0 Å². The van der Waals surface area contributed by atoms with E-state index in [9.17, 15) is 14.5 Å². The van der Waals surface area contributed by atoms with Crippen LogP contribution in [-0.2, 0) is 18.4 Å². The van der Waals surface area contributed by atoms with Crippen LogP contribution in [0.4, 0.5) is 0 Å². The predicted octanol–water partition coefficient (Wildman–Crippen LogP) is -3.45. The van der Waals surface area contributed by atoms with E-state index < -0.39 is 13.6 Å². The van der Waals surface area contributed by atoms with Crippen molar-refractivity contribution in [3.8, 4) is 0 Å². The molecule has 0 unspecified atom stereocenters. The smallest absolute Gasteiger partial charge is 0.549 e. The van der Waals surface area contributed by atoms with Gasteiger partial charge in [0.25, 0.3) is 0 Å². The zero-order valence-corrected chi connectivity index (χ0v) is 12.2. The van der Waals surface area contributed by atoms with Gasteiger partial charge in [-0.1, -0.05) is 0 Å². The number of carbonyl (C=O) groups excluding carboxylic acids is 1. The van der Waals surface area contributed by atoms with Crippen LogP contribution in [0.3, 0.4) is 0 Å². The first-order valence-corrected chi connectivity index (χ1v) is 6.05. The molecular formula is C7H15NNaO5P. The minimum atomic E-state index is -3.18. The SMILES string of the molecule is CCOP(=O)(CNCC(=O)[O-])OCC.[Na+]. The molecule has 0 rings (SSSR count). The fourth-order valence-electron chi connectivity index (χ4n) is 0.817. The third-order valence-electron chi connectivity index (χ3n) is 1.23. The van der Waals surface area contributed by atoms with Gasteiger partial charge in [-0.2, -0.15) is 0 Å². The Morgan fingerprint density at radius 1 is 1.33 bits per heavy atom. The second kappa shape index (κ2) is 9.78. The van der Waals surface area contributed by atoms with Gasteiger partial charge in [-0.3, -0.25) is 4.57 Å². The van der Waals surface area contributed by atoms with Gasteiger partial charge in [0.2, 0.25) is 0 Å². The first-order valence-electron chi connectivity index (χ1n) is 4.32. The summed E-state index contributed by atoms with van der Waals surface area (Å²) in [5.41, 5.74) is 0. The quantitative estimate of drug-likeness (QED) is 0.354. The summed E-state index contributed by atoms with van der Waals surface area (Å²) in [7, 11) is -3.18. The molecule has 0 saturated carbocycles. The van der Waals surface area contributed by atoms with Crippen molar-refractivity contribution in [1.82, 2.24) is 5.32 Å². The predicted molar refractivity (Wildman–Crippen MR) is 48.7 cm³/mol. The molecule has 1 N–H and O–H groups in total. The van der Waals surface area contributed by atoms with Crippen LogP contribution in [0.1, 0.15) is 13.8 Å². The average molecular weight is 247 g/mol. The largest absolute Gasteiger partial charge is 1.00 e.